The number of hydrogen-bond acceptors (Lipinski definition) is 2. The fraction of sp³-hybridized carbons (Fsp3) is 0.767. The number of carbonyl (C=O) groups is 1. The van der Waals surface area contributed by atoms with Crippen LogP contribution in [0.15, 0.2) is 24.3 Å². The summed E-state index contributed by atoms with van der Waals surface area (Å²) in [6.07, 6.45) is 19.5. The Morgan fingerprint density at radius 3 is 2.00 bits per heavy atom. The SMILES string of the molecule is CCCCCC1CCC(OC(=O)c2ccc(C3CCC(CCCCC)CC3C)cc2)CC1. The summed E-state index contributed by atoms with van der Waals surface area (Å²) in [4.78, 5) is 12.7. The van der Waals surface area contributed by atoms with Crippen molar-refractivity contribution in [1.29, 1.82) is 0 Å². The van der Waals surface area contributed by atoms with Crippen molar-refractivity contribution in [2.24, 2.45) is 17.8 Å². The molecule has 3 rings (SSSR count). The van der Waals surface area contributed by atoms with Crippen molar-refractivity contribution in [3.8, 4) is 0 Å². The smallest absolute Gasteiger partial charge is 0.338 e. The van der Waals surface area contributed by atoms with Gasteiger partial charge >= 0.3 is 5.97 Å². The molecule has 2 nitrogen and oxygen atoms in total. The monoisotopic (exact) mass is 440 g/mol. The lowest BCUT2D eigenvalue weighted by molar-refractivity contribution is 0.0161. The van der Waals surface area contributed by atoms with Crippen LogP contribution in [0.3, 0.4) is 0 Å². The van der Waals surface area contributed by atoms with Crippen LogP contribution < -0.4 is 0 Å². The molecular weight excluding hydrogens is 392 g/mol. The number of benzene rings is 1. The third-order valence-electron chi connectivity index (χ3n) is 8.35. The van der Waals surface area contributed by atoms with Gasteiger partial charge in [0, 0.05) is 0 Å². The molecule has 3 unspecified atom stereocenters. The normalized spacial score (nSPS) is 28.4. The van der Waals surface area contributed by atoms with Gasteiger partial charge in [-0.1, -0.05) is 84.3 Å². The first-order valence-electron chi connectivity index (χ1n) is 13.9. The highest BCUT2D eigenvalue weighted by Crippen LogP contribution is 2.42. The maximum atomic E-state index is 12.7. The first kappa shape index (κ1) is 25.3. The number of esters is 1. The highest BCUT2D eigenvalue weighted by atomic mass is 16.5. The molecule has 2 saturated carbocycles. The van der Waals surface area contributed by atoms with Gasteiger partial charge < -0.3 is 4.74 Å². The maximum Gasteiger partial charge on any atom is 0.338 e. The standard InChI is InChI=1S/C30H48O2/c1-4-6-8-10-24-12-19-28(20-13-24)32-30(31)27-17-15-26(16-18-27)29-21-14-25(22-23(29)3)11-9-7-5-2/h15-18,23-25,28-29H,4-14,19-22H2,1-3H3. The molecule has 0 radical (unpaired) electrons. The third-order valence-corrected chi connectivity index (χ3v) is 8.35. The second-order valence-corrected chi connectivity index (χ2v) is 10.9. The zero-order valence-corrected chi connectivity index (χ0v) is 21.1. The minimum Gasteiger partial charge on any atom is -0.459 e. The van der Waals surface area contributed by atoms with Crippen molar-refractivity contribution >= 4 is 5.97 Å². The molecule has 1 aromatic carbocycles. The van der Waals surface area contributed by atoms with Crippen molar-refractivity contribution in [3.05, 3.63) is 35.4 Å². The van der Waals surface area contributed by atoms with Crippen LogP contribution in [0.1, 0.15) is 139 Å². The van der Waals surface area contributed by atoms with Crippen molar-refractivity contribution in [3.63, 3.8) is 0 Å². The lowest BCUT2D eigenvalue weighted by Crippen LogP contribution is -2.24. The van der Waals surface area contributed by atoms with Gasteiger partial charge in [0.1, 0.15) is 6.10 Å². The van der Waals surface area contributed by atoms with Gasteiger partial charge in [0.25, 0.3) is 0 Å². The minimum atomic E-state index is -0.126. The van der Waals surface area contributed by atoms with E-state index in [1.807, 2.05) is 12.1 Å². The van der Waals surface area contributed by atoms with E-state index in [-0.39, 0.29) is 12.1 Å². The summed E-state index contributed by atoms with van der Waals surface area (Å²) in [6, 6.07) is 8.40. The van der Waals surface area contributed by atoms with E-state index in [0.717, 1.165) is 36.2 Å². The van der Waals surface area contributed by atoms with Crippen LogP contribution >= 0.6 is 0 Å². The molecule has 2 heteroatoms. The van der Waals surface area contributed by atoms with Crippen molar-refractivity contribution < 1.29 is 9.53 Å². The van der Waals surface area contributed by atoms with Crippen LogP contribution in [0.4, 0.5) is 0 Å². The average molecular weight is 441 g/mol. The van der Waals surface area contributed by atoms with Crippen LogP contribution in [0.25, 0.3) is 0 Å². The first-order chi connectivity index (χ1) is 15.6. The molecule has 0 bridgehead atoms. The molecular formula is C30H48O2. The van der Waals surface area contributed by atoms with Gasteiger partial charge in [0.15, 0.2) is 0 Å². The van der Waals surface area contributed by atoms with Gasteiger partial charge in [-0.2, -0.15) is 0 Å². The van der Waals surface area contributed by atoms with Gasteiger partial charge in [-0.25, -0.2) is 4.79 Å². The van der Waals surface area contributed by atoms with Crippen LogP contribution in [0, 0.1) is 17.8 Å². The second kappa shape index (κ2) is 13.4. The van der Waals surface area contributed by atoms with Gasteiger partial charge in [-0.3, -0.25) is 0 Å². The van der Waals surface area contributed by atoms with Gasteiger partial charge in [-0.05, 0) is 86.3 Å². The van der Waals surface area contributed by atoms with Crippen LogP contribution in [-0.4, -0.2) is 12.1 Å². The summed E-state index contributed by atoms with van der Waals surface area (Å²) in [5, 5.41) is 0. The van der Waals surface area contributed by atoms with Crippen LogP contribution in [0.2, 0.25) is 0 Å². The highest BCUT2D eigenvalue weighted by Gasteiger charge is 2.29. The van der Waals surface area contributed by atoms with Gasteiger partial charge in [0.05, 0.1) is 5.56 Å². The molecule has 1 aromatic rings. The summed E-state index contributed by atoms with van der Waals surface area (Å²) >= 11 is 0. The highest BCUT2D eigenvalue weighted by molar-refractivity contribution is 5.89. The zero-order chi connectivity index (χ0) is 22.8. The van der Waals surface area contributed by atoms with E-state index in [1.54, 1.807) is 0 Å². The molecule has 2 aliphatic carbocycles. The molecule has 180 valence electrons. The Hall–Kier alpha value is -1.31. The van der Waals surface area contributed by atoms with Gasteiger partial charge in [-0.15, -0.1) is 0 Å². The minimum absolute atomic E-state index is 0.118. The summed E-state index contributed by atoms with van der Waals surface area (Å²) in [5.41, 5.74) is 2.13. The topological polar surface area (TPSA) is 26.3 Å². The van der Waals surface area contributed by atoms with E-state index in [0.29, 0.717) is 5.92 Å². The summed E-state index contributed by atoms with van der Waals surface area (Å²) in [6.45, 7) is 6.99. The Bertz CT molecular complexity index is 656. The Morgan fingerprint density at radius 2 is 1.41 bits per heavy atom. The number of unbranched alkanes of at least 4 members (excludes halogenated alkanes) is 4. The maximum absolute atomic E-state index is 12.7. The second-order valence-electron chi connectivity index (χ2n) is 10.9. The molecule has 0 aliphatic heterocycles. The lowest BCUT2D eigenvalue weighted by atomic mass is 9.71. The van der Waals surface area contributed by atoms with Crippen molar-refractivity contribution in [1.82, 2.24) is 0 Å². The van der Waals surface area contributed by atoms with E-state index >= 15 is 0 Å². The first-order valence-corrected chi connectivity index (χ1v) is 13.9. The summed E-state index contributed by atoms with van der Waals surface area (Å²) in [7, 11) is 0. The van der Waals surface area contributed by atoms with Crippen molar-refractivity contribution in [2.45, 2.75) is 129 Å². The van der Waals surface area contributed by atoms with Crippen LogP contribution in [-0.2, 0) is 4.74 Å². The molecule has 0 heterocycles. The molecule has 0 spiro atoms. The number of hydrogen-bond donors (Lipinski definition) is 0. The van der Waals surface area contributed by atoms with E-state index < -0.39 is 0 Å². The molecule has 0 N–H and O–H groups in total. The molecule has 0 saturated heterocycles. The summed E-state index contributed by atoms with van der Waals surface area (Å²) in [5.74, 6) is 3.02. The fourth-order valence-electron chi connectivity index (χ4n) is 6.26. The van der Waals surface area contributed by atoms with Gasteiger partial charge in [0.2, 0.25) is 0 Å². The number of ether oxygens (including phenoxy) is 1. The average Bonchev–Trinajstić information content (AvgIpc) is 2.81. The largest absolute Gasteiger partial charge is 0.459 e. The summed E-state index contributed by atoms with van der Waals surface area (Å²) < 4.78 is 5.88. The molecule has 0 aromatic heterocycles. The fourth-order valence-corrected chi connectivity index (χ4v) is 6.26. The Balaban J connectivity index is 1.43. The van der Waals surface area contributed by atoms with E-state index in [1.165, 1.54) is 89.0 Å². The van der Waals surface area contributed by atoms with Crippen LogP contribution in [0.5, 0.6) is 0 Å². The predicted molar refractivity (Wildman–Crippen MR) is 135 cm³/mol. The molecule has 2 aliphatic rings. The predicted octanol–water partition coefficient (Wildman–Crippen LogP) is 9.08. The number of rotatable bonds is 11. The lowest BCUT2D eigenvalue weighted by Gasteiger charge is -2.34. The zero-order valence-electron chi connectivity index (χ0n) is 21.1. The van der Waals surface area contributed by atoms with E-state index in [9.17, 15) is 4.79 Å². The Labute approximate surface area is 197 Å². The van der Waals surface area contributed by atoms with Crippen molar-refractivity contribution in [2.75, 3.05) is 0 Å². The quantitative estimate of drug-likeness (QED) is 0.253. The number of carbonyl (C=O) groups excluding carboxylic acids is 1. The Morgan fingerprint density at radius 1 is 0.812 bits per heavy atom. The molecule has 0 amide bonds. The van der Waals surface area contributed by atoms with E-state index in [2.05, 4.69) is 32.9 Å². The third kappa shape index (κ3) is 7.63. The van der Waals surface area contributed by atoms with E-state index in [4.69, 9.17) is 4.74 Å². The molecule has 2 fully saturated rings. The molecule has 32 heavy (non-hydrogen) atoms. The Kier molecular flexibility index (Phi) is 10.6. The molecule has 3 atom stereocenters.